The summed E-state index contributed by atoms with van der Waals surface area (Å²) in [6, 6.07) is 5.96. The first-order valence-electron chi connectivity index (χ1n) is 4.45. The molecule has 0 aliphatic carbocycles. The van der Waals surface area contributed by atoms with Crippen molar-refractivity contribution in [3.05, 3.63) is 29.3 Å². The Morgan fingerprint density at radius 2 is 1.79 bits per heavy atom. The summed E-state index contributed by atoms with van der Waals surface area (Å²) in [6.45, 7) is 4.06. The highest BCUT2D eigenvalue weighted by Gasteiger charge is 2.15. The van der Waals surface area contributed by atoms with Crippen molar-refractivity contribution in [1.82, 2.24) is 0 Å². The van der Waals surface area contributed by atoms with Crippen LogP contribution >= 0.6 is 11.3 Å². The van der Waals surface area contributed by atoms with Crippen molar-refractivity contribution in [2.75, 3.05) is 0 Å². The van der Waals surface area contributed by atoms with E-state index in [1.54, 1.807) is 0 Å². The average molecular weight is 206 g/mol. The molecule has 72 valence electrons. The van der Waals surface area contributed by atoms with Gasteiger partial charge in [0.1, 0.15) is 0 Å². The van der Waals surface area contributed by atoms with Gasteiger partial charge in [0.25, 0.3) is 0 Å². The first-order valence-corrected chi connectivity index (χ1v) is 5.27. The van der Waals surface area contributed by atoms with Gasteiger partial charge in [-0.15, -0.1) is 11.3 Å². The zero-order chi connectivity index (χ0) is 10.3. The fourth-order valence-corrected chi connectivity index (χ4v) is 2.62. The molecule has 2 N–H and O–H groups in total. The largest absolute Gasteiger partial charge is 0.499 e. The lowest BCUT2D eigenvalue weighted by Gasteiger charge is -1.97. The van der Waals surface area contributed by atoms with Gasteiger partial charge in [-0.25, -0.2) is 0 Å². The van der Waals surface area contributed by atoms with E-state index < -0.39 is 7.12 Å². The van der Waals surface area contributed by atoms with E-state index in [2.05, 4.69) is 12.1 Å². The average Bonchev–Trinajstić information content (AvgIpc) is 2.57. The Labute approximate surface area is 87.0 Å². The monoisotopic (exact) mass is 206 g/mol. The van der Waals surface area contributed by atoms with Crippen LogP contribution in [0, 0.1) is 13.8 Å². The molecule has 0 spiro atoms. The van der Waals surface area contributed by atoms with Crippen LogP contribution in [0.4, 0.5) is 0 Å². The van der Waals surface area contributed by atoms with Gasteiger partial charge in [0.2, 0.25) is 0 Å². The normalized spacial score (nSPS) is 10.9. The van der Waals surface area contributed by atoms with Gasteiger partial charge in [-0.05, 0) is 36.4 Å². The molecule has 0 fully saturated rings. The van der Waals surface area contributed by atoms with Gasteiger partial charge in [-0.1, -0.05) is 12.1 Å². The highest BCUT2D eigenvalue weighted by Crippen LogP contribution is 2.25. The van der Waals surface area contributed by atoms with Gasteiger partial charge in [0.05, 0.1) is 0 Å². The second-order valence-corrected chi connectivity index (χ2v) is 4.55. The number of hydrogen-bond acceptors (Lipinski definition) is 3. The molecule has 1 heterocycles. The van der Waals surface area contributed by atoms with Gasteiger partial charge in [-0.3, -0.25) is 0 Å². The SMILES string of the molecule is Cc1ccc(C)c2sc(B(O)O)cc12. The second kappa shape index (κ2) is 3.39. The molecular formula is C10H11BO2S. The number of hydrogen-bond donors (Lipinski definition) is 2. The molecule has 0 atom stereocenters. The molecule has 2 rings (SSSR count). The van der Waals surface area contributed by atoms with Crippen molar-refractivity contribution in [1.29, 1.82) is 0 Å². The molecule has 2 nitrogen and oxygen atoms in total. The topological polar surface area (TPSA) is 40.5 Å². The molecule has 0 amide bonds. The van der Waals surface area contributed by atoms with Gasteiger partial charge in [-0.2, -0.15) is 0 Å². The Balaban J connectivity index is 2.75. The predicted octanol–water partition coefficient (Wildman–Crippen LogP) is 1.20. The lowest BCUT2D eigenvalue weighted by molar-refractivity contribution is 0.427. The van der Waals surface area contributed by atoms with Crippen molar-refractivity contribution in [3.63, 3.8) is 0 Å². The van der Waals surface area contributed by atoms with Crippen LogP contribution in [0.2, 0.25) is 0 Å². The molecule has 0 saturated carbocycles. The molecule has 4 heteroatoms. The minimum atomic E-state index is -1.36. The van der Waals surface area contributed by atoms with Crippen LogP contribution in [0.1, 0.15) is 11.1 Å². The molecule has 0 unspecified atom stereocenters. The maximum absolute atomic E-state index is 9.07. The maximum atomic E-state index is 9.07. The summed E-state index contributed by atoms with van der Waals surface area (Å²) in [4.78, 5) is 0. The third-order valence-corrected chi connectivity index (χ3v) is 3.68. The van der Waals surface area contributed by atoms with E-state index in [0.29, 0.717) is 4.78 Å². The van der Waals surface area contributed by atoms with Crippen molar-refractivity contribution in [3.8, 4) is 0 Å². The van der Waals surface area contributed by atoms with Crippen LogP contribution in [0.3, 0.4) is 0 Å². The first kappa shape index (κ1) is 9.71. The number of rotatable bonds is 1. The Morgan fingerprint density at radius 3 is 2.36 bits per heavy atom. The molecule has 1 aromatic heterocycles. The molecule has 0 radical (unpaired) electrons. The zero-order valence-corrected chi connectivity index (χ0v) is 8.93. The predicted molar refractivity (Wildman–Crippen MR) is 61.1 cm³/mol. The lowest BCUT2D eigenvalue weighted by atomic mass is 9.89. The molecule has 0 saturated heterocycles. The molecule has 2 aromatic rings. The van der Waals surface area contributed by atoms with Crippen LogP contribution < -0.4 is 4.78 Å². The standard InChI is InChI=1S/C10H11BO2S/c1-6-3-4-7(2)10-8(6)5-9(14-10)11(12)13/h3-5,12-13H,1-2H3. The van der Waals surface area contributed by atoms with E-state index in [0.717, 1.165) is 10.1 Å². The van der Waals surface area contributed by atoms with Crippen LogP contribution in [0.15, 0.2) is 18.2 Å². The Morgan fingerprint density at radius 1 is 1.14 bits per heavy atom. The number of aryl methyl sites for hydroxylation is 2. The lowest BCUT2D eigenvalue weighted by Crippen LogP contribution is -2.26. The number of benzene rings is 1. The highest BCUT2D eigenvalue weighted by atomic mass is 32.1. The van der Waals surface area contributed by atoms with Gasteiger partial charge < -0.3 is 10.0 Å². The molecule has 0 aliphatic rings. The Hall–Kier alpha value is -0.835. The zero-order valence-electron chi connectivity index (χ0n) is 8.11. The van der Waals surface area contributed by atoms with E-state index in [1.165, 1.54) is 22.5 Å². The van der Waals surface area contributed by atoms with Crippen molar-refractivity contribution in [2.45, 2.75) is 13.8 Å². The van der Waals surface area contributed by atoms with E-state index in [1.807, 2.05) is 19.9 Å². The smallest absolute Gasteiger partial charge is 0.423 e. The molecule has 1 aromatic carbocycles. The minimum absolute atomic E-state index is 0.609. The quantitative estimate of drug-likeness (QED) is 0.688. The second-order valence-electron chi connectivity index (χ2n) is 3.46. The van der Waals surface area contributed by atoms with Gasteiger partial charge in [0.15, 0.2) is 0 Å². The number of fused-ring (bicyclic) bond motifs is 1. The van der Waals surface area contributed by atoms with E-state index in [4.69, 9.17) is 10.0 Å². The van der Waals surface area contributed by atoms with Gasteiger partial charge >= 0.3 is 7.12 Å². The fourth-order valence-electron chi connectivity index (χ4n) is 1.54. The fraction of sp³-hybridized carbons (Fsp3) is 0.200. The highest BCUT2D eigenvalue weighted by molar-refractivity contribution is 7.28. The summed E-state index contributed by atoms with van der Waals surface area (Å²) in [5, 5.41) is 19.3. The van der Waals surface area contributed by atoms with E-state index in [9.17, 15) is 0 Å². The molecule has 0 aliphatic heterocycles. The maximum Gasteiger partial charge on any atom is 0.499 e. The molecule has 14 heavy (non-hydrogen) atoms. The van der Waals surface area contributed by atoms with Crippen LogP contribution in [-0.4, -0.2) is 17.2 Å². The Bertz CT molecular complexity index is 437. The van der Waals surface area contributed by atoms with Crippen LogP contribution in [-0.2, 0) is 0 Å². The summed E-state index contributed by atoms with van der Waals surface area (Å²) in [6.07, 6.45) is 0. The third-order valence-electron chi connectivity index (χ3n) is 2.37. The van der Waals surface area contributed by atoms with Crippen molar-refractivity contribution < 1.29 is 10.0 Å². The van der Waals surface area contributed by atoms with Gasteiger partial charge in [0, 0.05) is 9.48 Å². The molecule has 0 bridgehead atoms. The first-order chi connectivity index (χ1) is 6.59. The van der Waals surface area contributed by atoms with Crippen molar-refractivity contribution >= 4 is 33.3 Å². The van der Waals surface area contributed by atoms with E-state index >= 15 is 0 Å². The summed E-state index contributed by atoms with van der Waals surface area (Å²) >= 11 is 1.45. The van der Waals surface area contributed by atoms with E-state index in [-0.39, 0.29) is 0 Å². The van der Waals surface area contributed by atoms with Crippen molar-refractivity contribution in [2.24, 2.45) is 0 Å². The number of thiophene rings is 1. The summed E-state index contributed by atoms with van der Waals surface area (Å²) in [5.74, 6) is 0. The van der Waals surface area contributed by atoms with Crippen LogP contribution in [0.25, 0.3) is 10.1 Å². The minimum Gasteiger partial charge on any atom is -0.423 e. The molecular weight excluding hydrogens is 195 g/mol. The Kier molecular flexibility index (Phi) is 2.35. The summed E-state index contributed by atoms with van der Waals surface area (Å²) in [7, 11) is -1.36. The summed E-state index contributed by atoms with van der Waals surface area (Å²) in [5.41, 5.74) is 2.36. The van der Waals surface area contributed by atoms with Crippen LogP contribution in [0.5, 0.6) is 0 Å². The third kappa shape index (κ3) is 1.45. The summed E-state index contributed by atoms with van der Waals surface area (Å²) < 4.78 is 1.76.